The summed E-state index contributed by atoms with van der Waals surface area (Å²) in [5, 5.41) is 0. The van der Waals surface area contributed by atoms with E-state index >= 15 is 0 Å². The van der Waals surface area contributed by atoms with E-state index in [0.717, 1.165) is 0 Å². The largest absolute Gasteiger partial charge is 0.348 e. The number of rotatable bonds is 2. The maximum absolute atomic E-state index is 4.07. The van der Waals surface area contributed by atoms with Crippen LogP contribution in [-0.2, 0) is 0 Å². The van der Waals surface area contributed by atoms with Crippen LogP contribution in [0.4, 0.5) is 0 Å². The number of aromatic nitrogens is 2. The lowest BCUT2D eigenvalue weighted by Crippen LogP contribution is -2.00. The van der Waals surface area contributed by atoms with Crippen molar-refractivity contribution < 1.29 is 1.43 Å². The first kappa shape index (κ1) is 13.5. The van der Waals surface area contributed by atoms with Crippen molar-refractivity contribution in [2.75, 3.05) is 0 Å². The van der Waals surface area contributed by atoms with Gasteiger partial charge in [0.2, 0.25) is 0 Å². The Kier molecular flexibility index (Phi) is 4.95. The number of hydrogen-bond acceptors (Lipinski definition) is 1. The van der Waals surface area contributed by atoms with Crippen molar-refractivity contribution in [3.8, 4) is 0 Å². The summed E-state index contributed by atoms with van der Waals surface area (Å²) in [5.41, 5.74) is 5.27. The first-order chi connectivity index (χ1) is 8.20. The highest BCUT2D eigenvalue weighted by molar-refractivity contribution is 5.38. The van der Waals surface area contributed by atoms with Gasteiger partial charge < -0.3 is 4.98 Å². The van der Waals surface area contributed by atoms with Crippen LogP contribution >= 0.6 is 0 Å². The molecular weight excluding hydrogens is 208 g/mol. The Labute approximate surface area is 106 Å². The fourth-order valence-corrected chi connectivity index (χ4v) is 1.91. The molecule has 0 saturated heterocycles. The van der Waals surface area contributed by atoms with Gasteiger partial charge in [-0.05, 0) is 30.5 Å². The summed E-state index contributed by atoms with van der Waals surface area (Å²) in [4.78, 5) is 7.24. The predicted octanol–water partition coefficient (Wildman–Crippen LogP) is 4.45. The number of imidazole rings is 1. The van der Waals surface area contributed by atoms with Gasteiger partial charge in [-0.25, -0.2) is 4.98 Å². The third-order valence-electron chi connectivity index (χ3n) is 3.10. The van der Waals surface area contributed by atoms with Gasteiger partial charge in [0, 0.05) is 19.2 Å². The van der Waals surface area contributed by atoms with Gasteiger partial charge in [-0.15, -0.1) is 0 Å². The highest BCUT2D eigenvalue weighted by Crippen LogP contribution is 2.26. The molecule has 0 radical (unpaired) electrons. The molecule has 94 valence electrons. The van der Waals surface area contributed by atoms with Crippen molar-refractivity contribution in [2.24, 2.45) is 0 Å². The highest BCUT2D eigenvalue weighted by Gasteiger charge is 2.12. The van der Waals surface area contributed by atoms with Gasteiger partial charge in [0.1, 0.15) is 0 Å². The second-order valence-electron chi connectivity index (χ2n) is 4.02. The molecule has 0 amide bonds. The number of aryl methyl sites for hydroxylation is 1. The minimum atomic E-state index is 0. The van der Waals surface area contributed by atoms with Crippen LogP contribution in [0.2, 0.25) is 0 Å². The second kappa shape index (κ2) is 6.24. The molecule has 0 fully saturated rings. The van der Waals surface area contributed by atoms with Crippen LogP contribution in [-0.4, -0.2) is 9.97 Å². The molecule has 1 N–H and O–H groups in total. The molecule has 2 nitrogen and oxygen atoms in total. The number of nitrogens with one attached hydrogen (secondary N) is 1. The molecule has 1 heterocycles. The van der Waals surface area contributed by atoms with E-state index in [0.29, 0.717) is 5.92 Å². The Morgan fingerprint density at radius 1 is 1.24 bits per heavy atom. The molecule has 2 aromatic rings. The summed E-state index contributed by atoms with van der Waals surface area (Å²) in [7, 11) is 0. The Morgan fingerprint density at radius 3 is 2.53 bits per heavy atom. The van der Waals surface area contributed by atoms with Gasteiger partial charge in [0.05, 0.1) is 6.33 Å². The molecule has 1 aromatic heterocycles. The summed E-state index contributed by atoms with van der Waals surface area (Å²) in [6, 6.07) is 6.46. The van der Waals surface area contributed by atoms with Crippen LogP contribution in [0.5, 0.6) is 0 Å². The Bertz CT molecular complexity index is 450. The standard InChI is InChI=1S/C13H16N2.C2H6.H2/c1-9-5-4-6-12(10(9)2)11(3)13-7-14-8-15-13;1-2;/h4-8,11H,1-3H3,(H,14,15);1-2H3;1H. The van der Waals surface area contributed by atoms with E-state index in [4.69, 9.17) is 0 Å². The van der Waals surface area contributed by atoms with Gasteiger partial charge in [-0.3, -0.25) is 0 Å². The third-order valence-corrected chi connectivity index (χ3v) is 3.10. The summed E-state index contributed by atoms with van der Waals surface area (Å²) >= 11 is 0. The zero-order valence-corrected chi connectivity index (χ0v) is 11.4. The average molecular weight is 232 g/mol. The molecule has 0 bridgehead atoms. The second-order valence-corrected chi connectivity index (χ2v) is 4.02. The third kappa shape index (κ3) is 2.96. The molecule has 0 aliphatic heterocycles. The molecular formula is C15H24N2. The summed E-state index contributed by atoms with van der Waals surface area (Å²) in [6.07, 6.45) is 3.63. The number of nitrogens with zero attached hydrogens (tertiary/aromatic N) is 1. The van der Waals surface area contributed by atoms with Crippen LogP contribution < -0.4 is 0 Å². The van der Waals surface area contributed by atoms with Crippen LogP contribution in [0, 0.1) is 13.8 Å². The van der Waals surface area contributed by atoms with Crippen LogP contribution in [0.3, 0.4) is 0 Å². The molecule has 1 aromatic carbocycles. The van der Waals surface area contributed by atoms with Crippen molar-refractivity contribution in [2.45, 2.75) is 40.5 Å². The summed E-state index contributed by atoms with van der Waals surface area (Å²) < 4.78 is 0. The zero-order chi connectivity index (χ0) is 12.8. The van der Waals surface area contributed by atoms with Gasteiger partial charge in [0.15, 0.2) is 0 Å². The molecule has 0 aliphatic rings. The lowest BCUT2D eigenvalue weighted by atomic mass is 9.92. The van der Waals surface area contributed by atoms with Crippen molar-refractivity contribution in [3.05, 3.63) is 53.1 Å². The first-order valence-corrected chi connectivity index (χ1v) is 6.24. The number of H-pyrrole nitrogens is 1. The van der Waals surface area contributed by atoms with Crippen molar-refractivity contribution in [1.29, 1.82) is 0 Å². The Hall–Kier alpha value is -1.57. The van der Waals surface area contributed by atoms with Gasteiger partial charge >= 0.3 is 0 Å². The predicted molar refractivity (Wildman–Crippen MR) is 75.5 cm³/mol. The van der Waals surface area contributed by atoms with Crippen LogP contribution in [0.15, 0.2) is 30.7 Å². The van der Waals surface area contributed by atoms with Crippen molar-refractivity contribution in [3.63, 3.8) is 0 Å². The molecule has 0 aliphatic carbocycles. The number of hydrogen-bond donors (Lipinski definition) is 1. The SMILES string of the molecule is CC.Cc1cccc(C(C)c2cnc[nH]2)c1C.[HH]. The van der Waals surface area contributed by atoms with E-state index in [9.17, 15) is 0 Å². The van der Waals surface area contributed by atoms with E-state index in [1.165, 1.54) is 22.4 Å². The van der Waals surface area contributed by atoms with E-state index in [-0.39, 0.29) is 1.43 Å². The topological polar surface area (TPSA) is 28.7 Å². The molecule has 17 heavy (non-hydrogen) atoms. The van der Waals surface area contributed by atoms with E-state index in [1.807, 2.05) is 20.0 Å². The number of benzene rings is 1. The molecule has 1 atom stereocenters. The minimum Gasteiger partial charge on any atom is -0.348 e. The molecule has 0 saturated carbocycles. The van der Waals surface area contributed by atoms with Gasteiger partial charge in [-0.1, -0.05) is 39.0 Å². The van der Waals surface area contributed by atoms with E-state index in [1.54, 1.807) is 6.33 Å². The quantitative estimate of drug-likeness (QED) is 0.814. The zero-order valence-electron chi connectivity index (χ0n) is 11.4. The number of aromatic amines is 1. The smallest absolute Gasteiger partial charge is 0.0921 e. The fraction of sp³-hybridized carbons (Fsp3) is 0.400. The Morgan fingerprint density at radius 2 is 1.94 bits per heavy atom. The lowest BCUT2D eigenvalue weighted by Gasteiger charge is -2.14. The first-order valence-electron chi connectivity index (χ1n) is 6.24. The highest BCUT2D eigenvalue weighted by atomic mass is 14.9. The van der Waals surface area contributed by atoms with Gasteiger partial charge in [0.25, 0.3) is 0 Å². The summed E-state index contributed by atoms with van der Waals surface area (Å²) in [5.74, 6) is 0.382. The fourth-order valence-electron chi connectivity index (χ4n) is 1.91. The Balaban J connectivity index is 0.000000917. The van der Waals surface area contributed by atoms with Crippen LogP contribution in [0.25, 0.3) is 0 Å². The minimum absolute atomic E-state index is 0. The molecule has 2 rings (SSSR count). The van der Waals surface area contributed by atoms with E-state index < -0.39 is 0 Å². The maximum atomic E-state index is 4.07. The molecule has 0 spiro atoms. The normalized spacial score (nSPS) is 11.6. The molecule has 1 unspecified atom stereocenters. The average Bonchev–Trinajstić information content (AvgIpc) is 2.88. The van der Waals surface area contributed by atoms with E-state index in [2.05, 4.69) is 48.9 Å². The van der Waals surface area contributed by atoms with Crippen molar-refractivity contribution >= 4 is 0 Å². The monoisotopic (exact) mass is 232 g/mol. The van der Waals surface area contributed by atoms with Gasteiger partial charge in [-0.2, -0.15) is 0 Å². The van der Waals surface area contributed by atoms with Crippen molar-refractivity contribution in [1.82, 2.24) is 9.97 Å². The summed E-state index contributed by atoms with van der Waals surface area (Å²) in [6.45, 7) is 10.5. The molecule has 2 heteroatoms. The lowest BCUT2D eigenvalue weighted by molar-refractivity contribution is 0.871. The van der Waals surface area contributed by atoms with Crippen LogP contribution in [0.1, 0.15) is 50.5 Å². The maximum Gasteiger partial charge on any atom is 0.0921 e.